The van der Waals surface area contributed by atoms with Crippen LogP contribution in [-0.4, -0.2) is 20.0 Å². The zero-order valence-corrected chi connectivity index (χ0v) is 13.6. The van der Waals surface area contributed by atoms with Gasteiger partial charge in [-0.05, 0) is 48.0 Å². The fourth-order valence-corrected chi connectivity index (χ4v) is 2.04. The van der Waals surface area contributed by atoms with Crippen molar-refractivity contribution in [2.24, 2.45) is 0 Å². The highest BCUT2D eigenvalue weighted by atomic mass is 35.5. The number of nitriles is 1. The number of carbonyl (C=O) groups is 1. The maximum Gasteiger partial charge on any atom is 0.266 e. The fraction of sp³-hybridized carbons (Fsp3) is 0.111. The Hall–Kier alpha value is -2.77. The standard InChI is InChI=1S/C18H16ClN3O/c1-22(2)17-9-3-13(4-10-17)11-14(12-20)18(23)21-16-7-5-15(19)6-8-16/h3-11H,1-2H3,(H,21,23)/b14-11+. The molecule has 0 aromatic heterocycles. The second kappa shape index (κ2) is 7.48. The lowest BCUT2D eigenvalue weighted by atomic mass is 10.1. The summed E-state index contributed by atoms with van der Waals surface area (Å²) in [5.74, 6) is -0.452. The van der Waals surface area contributed by atoms with Crippen LogP contribution in [0.1, 0.15) is 5.56 Å². The third-order valence-electron chi connectivity index (χ3n) is 3.19. The van der Waals surface area contributed by atoms with Crippen molar-refractivity contribution in [3.8, 4) is 6.07 Å². The Morgan fingerprint density at radius 3 is 2.26 bits per heavy atom. The number of carbonyl (C=O) groups excluding carboxylic acids is 1. The number of benzene rings is 2. The lowest BCUT2D eigenvalue weighted by molar-refractivity contribution is -0.112. The summed E-state index contributed by atoms with van der Waals surface area (Å²) in [5.41, 5.74) is 2.46. The Balaban J connectivity index is 2.16. The first-order chi connectivity index (χ1) is 11.0. The molecule has 0 saturated heterocycles. The Labute approximate surface area is 140 Å². The van der Waals surface area contributed by atoms with E-state index in [-0.39, 0.29) is 5.57 Å². The molecule has 0 fully saturated rings. The summed E-state index contributed by atoms with van der Waals surface area (Å²) in [6.45, 7) is 0. The molecule has 0 radical (unpaired) electrons. The van der Waals surface area contributed by atoms with Gasteiger partial charge in [0, 0.05) is 30.5 Å². The zero-order valence-electron chi connectivity index (χ0n) is 12.9. The molecule has 23 heavy (non-hydrogen) atoms. The molecule has 2 aromatic carbocycles. The SMILES string of the molecule is CN(C)c1ccc(/C=C(\C#N)C(=O)Nc2ccc(Cl)cc2)cc1. The minimum Gasteiger partial charge on any atom is -0.378 e. The van der Waals surface area contributed by atoms with E-state index in [1.165, 1.54) is 0 Å². The first kappa shape index (κ1) is 16.6. The van der Waals surface area contributed by atoms with E-state index in [1.807, 2.05) is 49.3 Å². The average molecular weight is 326 g/mol. The number of rotatable bonds is 4. The van der Waals surface area contributed by atoms with Crippen LogP contribution < -0.4 is 10.2 Å². The summed E-state index contributed by atoms with van der Waals surface area (Å²) in [6.07, 6.45) is 1.56. The van der Waals surface area contributed by atoms with E-state index in [1.54, 1.807) is 30.3 Å². The summed E-state index contributed by atoms with van der Waals surface area (Å²) in [7, 11) is 3.90. The summed E-state index contributed by atoms with van der Waals surface area (Å²) in [5, 5.41) is 12.5. The van der Waals surface area contributed by atoms with Crippen molar-refractivity contribution in [1.29, 1.82) is 5.26 Å². The number of anilines is 2. The molecule has 1 amide bonds. The van der Waals surface area contributed by atoms with Crippen molar-refractivity contribution in [3.63, 3.8) is 0 Å². The lowest BCUT2D eigenvalue weighted by Gasteiger charge is -2.11. The quantitative estimate of drug-likeness (QED) is 0.684. The molecule has 0 atom stereocenters. The average Bonchev–Trinajstić information content (AvgIpc) is 2.55. The Bertz CT molecular complexity index is 756. The molecular formula is C18H16ClN3O. The molecule has 0 bridgehead atoms. The number of halogens is 1. The van der Waals surface area contributed by atoms with Crippen LogP contribution in [-0.2, 0) is 4.79 Å². The van der Waals surface area contributed by atoms with Gasteiger partial charge in [-0.1, -0.05) is 23.7 Å². The number of amides is 1. The Morgan fingerprint density at radius 2 is 1.74 bits per heavy atom. The molecule has 2 rings (SSSR count). The Kier molecular flexibility index (Phi) is 5.40. The first-order valence-electron chi connectivity index (χ1n) is 6.95. The maximum absolute atomic E-state index is 12.2. The molecule has 5 heteroatoms. The van der Waals surface area contributed by atoms with Gasteiger partial charge < -0.3 is 10.2 Å². The maximum atomic E-state index is 12.2. The van der Waals surface area contributed by atoms with Crippen LogP contribution >= 0.6 is 11.6 Å². The van der Waals surface area contributed by atoms with Gasteiger partial charge in [0.15, 0.2) is 0 Å². The molecular weight excluding hydrogens is 310 g/mol. The molecule has 0 unspecified atom stereocenters. The minimum absolute atomic E-state index is 0.0394. The van der Waals surface area contributed by atoms with Gasteiger partial charge >= 0.3 is 0 Å². The third-order valence-corrected chi connectivity index (χ3v) is 3.44. The van der Waals surface area contributed by atoms with Gasteiger partial charge in [-0.15, -0.1) is 0 Å². The van der Waals surface area contributed by atoms with Gasteiger partial charge in [0.2, 0.25) is 0 Å². The highest BCUT2D eigenvalue weighted by Crippen LogP contribution is 2.17. The first-order valence-corrected chi connectivity index (χ1v) is 7.33. The van der Waals surface area contributed by atoms with E-state index >= 15 is 0 Å². The molecule has 0 saturated carbocycles. The Morgan fingerprint density at radius 1 is 1.13 bits per heavy atom. The van der Waals surface area contributed by atoms with Gasteiger partial charge in [0.05, 0.1) is 0 Å². The van der Waals surface area contributed by atoms with Gasteiger partial charge in [-0.2, -0.15) is 5.26 Å². The molecule has 116 valence electrons. The molecule has 0 aliphatic rings. The second-order valence-electron chi connectivity index (χ2n) is 5.12. The van der Waals surface area contributed by atoms with E-state index in [9.17, 15) is 10.1 Å². The molecule has 2 aromatic rings. The molecule has 0 heterocycles. The van der Waals surface area contributed by atoms with Crippen LogP contribution in [0.15, 0.2) is 54.1 Å². The monoisotopic (exact) mass is 325 g/mol. The van der Waals surface area contributed by atoms with E-state index < -0.39 is 5.91 Å². The summed E-state index contributed by atoms with van der Waals surface area (Å²) in [4.78, 5) is 14.1. The topological polar surface area (TPSA) is 56.1 Å². The van der Waals surface area contributed by atoms with E-state index in [0.29, 0.717) is 10.7 Å². The number of nitrogens with one attached hydrogen (secondary N) is 1. The summed E-state index contributed by atoms with van der Waals surface area (Å²) in [6, 6.07) is 16.2. The fourth-order valence-electron chi connectivity index (χ4n) is 1.92. The van der Waals surface area contributed by atoms with Crippen molar-refractivity contribution in [2.75, 3.05) is 24.3 Å². The van der Waals surface area contributed by atoms with Crippen LogP contribution in [0.3, 0.4) is 0 Å². The predicted molar refractivity (Wildman–Crippen MR) is 94.4 cm³/mol. The normalized spacial score (nSPS) is 10.8. The van der Waals surface area contributed by atoms with Crippen molar-refractivity contribution in [2.45, 2.75) is 0 Å². The number of hydrogen-bond acceptors (Lipinski definition) is 3. The van der Waals surface area contributed by atoms with Gasteiger partial charge in [-0.25, -0.2) is 0 Å². The van der Waals surface area contributed by atoms with Gasteiger partial charge in [0.25, 0.3) is 5.91 Å². The van der Waals surface area contributed by atoms with Crippen LogP contribution in [0, 0.1) is 11.3 Å². The predicted octanol–water partition coefficient (Wildman–Crippen LogP) is 3.95. The van der Waals surface area contributed by atoms with Crippen LogP contribution in [0.4, 0.5) is 11.4 Å². The molecule has 0 spiro atoms. The van der Waals surface area contributed by atoms with Crippen LogP contribution in [0.25, 0.3) is 6.08 Å². The van der Waals surface area contributed by atoms with Crippen molar-refractivity contribution < 1.29 is 4.79 Å². The van der Waals surface area contributed by atoms with Crippen molar-refractivity contribution >= 4 is 35.0 Å². The summed E-state index contributed by atoms with van der Waals surface area (Å²) < 4.78 is 0. The van der Waals surface area contributed by atoms with Crippen molar-refractivity contribution in [1.82, 2.24) is 0 Å². The van der Waals surface area contributed by atoms with Gasteiger partial charge in [0.1, 0.15) is 11.6 Å². The van der Waals surface area contributed by atoms with Gasteiger partial charge in [-0.3, -0.25) is 4.79 Å². The van der Waals surface area contributed by atoms with Crippen LogP contribution in [0.5, 0.6) is 0 Å². The van der Waals surface area contributed by atoms with E-state index in [2.05, 4.69) is 5.32 Å². The smallest absolute Gasteiger partial charge is 0.266 e. The van der Waals surface area contributed by atoms with E-state index in [4.69, 9.17) is 11.6 Å². The molecule has 1 N–H and O–H groups in total. The largest absolute Gasteiger partial charge is 0.378 e. The van der Waals surface area contributed by atoms with Crippen molar-refractivity contribution in [3.05, 3.63) is 64.7 Å². The number of nitrogens with zero attached hydrogens (tertiary/aromatic N) is 2. The highest BCUT2D eigenvalue weighted by Gasteiger charge is 2.09. The van der Waals surface area contributed by atoms with Crippen LogP contribution in [0.2, 0.25) is 5.02 Å². The molecule has 4 nitrogen and oxygen atoms in total. The third kappa shape index (κ3) is 4.60. The molecule has 0 aliphatic heterocycles. The molecule has 0 aliphatic carbocycles. The minimum atomic E-state index is -0.452. The van der Waals surface area contributed by atoms with E-state index in [0.717, 1.165) is 11.3 Å². The zero-order chi connectivity index (χ0) is 16.8. The summed E-state index contributed by atoms with van der Waals surface area (Å²) >= 11 is 5.80. The number of hydrogen-bond donors (Lipinski definition) is 1. The highest BCUT2D eigenvalue weighted by molar-refractivity contribution is 6.30. The lowest BCUT2D eigenvalue weighted by Crippen LogP contribution is -2.13. The second-order valence-corrected chi connectivity index (χ2v) is 5.55.